The Hall–Kier alpha value is -2.34. The van der Waals surface area contributed by atoms with Crippen molar-refractivity contribution in [2.45, 2.75) is 6.42 Å². The number of rotatable bonds is 8. The summed E-state index contributed by atoms with van der Waals surface area (Å²) in [5.74, 6) is -0.366. The van der Waals surface area contributed by atoms with Gasteiger partial charge in [-0.3, -0.25) is 9.59 Å². The average molecular weight is 291 g/mol. The van der Waals surface area contributed by atoms with Gasteiger partial charge in [0.05, 0.1) is 6.61 Å². The molecule has 0 atom stereocenters. The van der Waals surface area contributed by atoms with Crippen LogP contribution in [0.3, 0.4) is 0 Å². The molecule has 0 spiro atoms. The van der Waals surface area contributed by atoms with E-state index in [9.17, 15) is 9.59 Å². The highest BCUT2D eigenvalue weighted by atomic mass is 16.5. The summed E-state index contributed by atoms with van der Waals surface area (Å²) in [7, 11) is 1.57. The Morgan fingerprint density at radius 1 is 1.29 bits per heavy atom. The average Bonchev–Trinajstić information content (AvgIpc) is 2.45. The minimum Gasteiger partial charge on any atom is -0.399 e. The molecule has 0 saturated carbocycles. The highest BCUT2D eigenvalue weighted by Crippen LogP contribution is 2.07. The lowest BCUT2D eigenvalue weighted by molar-refractivity contribution is -0.121. The third-order valence-corrected chi connectivity index (χ3v) is 2.62. The van der Waals surface area contributed by atoms with Crippen LogP contribution < -0.4 is 16.4 Å². The molecule has 0 bridgehead atoms. The molecule has 21 heavy (non-hydrogen) atoms. The second-order valence-electron chi connectivity index (χ2n) is 4.39. The SMILES string of the molecule is COCCNC(=O)CCNC(=O)/C=C/c1cccc(N)c1. The number of nitrogens with one attached hydrogen (secondary N) is 2. The molecular formula is C15H21N3O3. The van der Waals surface area contributed by atoms with E-state index in [1.165, 1.54) is 6.08 Å². The zero-order valence-electron chi connectivity index (χ0n) is 12.1. The van der Waals surface area contributed by atoms with E-state index in [0.717, 1.165) is 5.56 Å². The molecule has 6 nitrogen and oxygen atoms in total. The highest BCUT2D eigenvalue weighted by Gasteiger charge is 2.01. The number of methoxy groups -OCH3 is 1. The van der Waals surface area contributed by atoms with Gasteiger partial charge in [-0.25, -0.2) is 0 Å². The van der Waals surface area contributed by atoms with Gasteiger partial charge >= 0.3 is 0 Å². The predicted octanol–water partition coefficient (Wildman–Crippen LogP) is 0.551. The van der Waals surface area contributed by atoms with Gasteiger partial charge in [-0.15, -0.1) is 0 Å². The summed E-state index contributed by atoms with van der Waals surface area (Å²) >= 11 is 0. The van der Waals surface area contributed by atoms with Crippen molar-refractivity contribution in [2.75, 3.05) is 32.5 Å². The lowest BCUT2D eigenvalue weighted by atomic mass is 10.2. The number of amides is 2. The van der Waals surface area contributed by atoms with E-state index in [4.69, 9.17) is 10.5 Å². The van der Waals surface area contributed by atoms with Gasteiger partial charge < -0.3 is 21.1 Å². The van der Waals surface area contributed by atoms with Crippen LogP contribution in [0.25, 0.3) is 6.08 Å². The first-order valence-corrected chi connectivity index (χ1v) is 6.69. The van der Waals surface area contributed by atoms with Gasteiger partial charge in [0.2, 0.25) is 11.8 Å². The quantitative estimate of drug-likeness (QED) is 0.370. The first-order chi connectivity index (χ1) is 10.1. The molecule has 1 aromatic carbocycles. The van der Waals surface area contributed by atoms with Gasteiger partial charge in [-0.2, -0.15) is 0 Å². The Morgan fingerprint density at radius 2 is 2.10 bits per heavy atom. The van der Waals surface area contributed by atoms with E-state index in [-0.39, 0.29) is 18.2 Å². The molecule has 0 aliphatic rings. The molecular weight excluding hydrogens is 270 g/mol. The van der Waals surface area contributed by atoms with Crippen molar-refractivity contribution in [2.24, 2.45) is 0 Å². The number of nitrogens with two attached hydrogens (primary N) is 1. The van der Waals surface area contributed by atoms with Gasteiger partial charge in [-0.05, 0) is 23.8 Å². The van der Waals surface area contributed by atoms with E-state index in [2.05, 4.69) is 10.6 Å². The van der Waals surface area contributed by atoms with Crippen molar-refractivity contribution in [3.05, 3.63) is 35.9 Å². The maximum Gasteiger partial charge on any atom is 0.244 e. The van der Waals surface area contributed by atoms with Crippen LogP contribution in [-0.2, 0) is 14.3 Å². The maximum atomic E-state index is 11.6. The molecule has 1 aromatic rings. The number of hydrogen-bond acceptors (Lipinski definition) is 4. The summed E-state index contributed by atoms with van der Waals surface area (Å²) in [4.78, 5) is 22.9. The molecule has 0 radical (unpaired) electrons. The Kier molecular flexibility index (Phi) is 7.60. The van der Waals surface area contributed by atoms with Crippen molar-refractivity contribution in [3.8, 4) is 0 Å². The summed E-state index contributed by atoms with van der Waals surface area (Å²) in [6.45, 7) is 1.23. The van der Waals surface area contributed by atoms with Crippen LogP contribution in [0.5, 0.6) is 0 Å². The molecule has 0 aliphatic heterocycles. The zero-order chi connectivity index (χ0) is 15.5. The van der Waals surface area contributed by atoms with Gasteiger partial charge in [0.15, 0.2) is 0 Å². The van der Waals surface area contributed by atoms with E-state index >= 15 is 0 Å². The number of benzene rings is 1. The van der Waals surface area contributed by atoms with Crippen molar-refractivity contribution in [3.63, 3.8) is 0 Å². The van der Waals surface area contributed by atoms with Crippen molar-refractivity contribution in [1.82, 2.24) is 10.6 Å². The summed E-state index contributed by atoms with van der Waals surface area (Å²) in [6.07, 6.45) is 3.32. The molecule has 1 rings (SSSR count). The molecule has 0 saturated heterocycles. The Balaban J connectivity index is 2.23. The van der Waals surface area contributed by atoms with Crippen molar-refractivity contribution < 1.29 is 14.3 Å². The monoisotopic (exact) mass is 291 g/mol. The predicted molar refractivity (Wildman–Crippen MR) is 82.4 cm³/mol. The van der Waals surface area contributed by atoms with Crippen LogP contribution >= 0.6 is 0 Å². The smallest absolute Gasteiger partial charge is 0.244 e. The molecule has 4 N–H and O–H groups in total. The number of anilines is 1. The number of hydrogen-bond donors (Lipinski definition) is 3. The van der Waals surface area contributed by atoms with Crippen LogP contribution in [0.4, 0.5) is 5.69 Å². The molecule has 0 fully saturated rings. The second-order valence-corrected chi connectivity index (χ2v) is 4.39. The summed E-state index contributed by atoms with van der Waals surface area (Å²) < 4.78 is 4.81. The third-order valence-electron chi connectivity index (χ3n) is 2.62. The molecule has 0 aliphatic carbocycles. The van der Waals surface area contributed by atoms with Gasteiger partial charge in [-0.1, -0.05) is 12.1 Å². The van der Waals surface area contributed by atoms with Crippen LogP contribution in [0.2, 0.25) is 0 Å². The minimum absolute atomic E-state index is 0.118. The van der Waals surface area contributed by atoms with Gasteiger partial charge in [0.1, 0.15) is 0 Å². The molecule has 0 heterocycles. The third kappa shape index (κ3) is 7.74. The lowest BCUT2D eigenvalue weighted by Crippen LogP contribution is -2.31. The first kappa shape index (κ1) is 16.7. The van der Waals surface area contributed by atoms with Crippen LogP contribution in [0, 0.1) is 0 Å². The summed E-state index contributed by atoms with van der Waals surface area (Å²) in [5, 5.41) is 5.31. The first-order valence-electron chi connectivity index (χ1n) is 6.69. The normalized spacial score (nSPS) is 10.5. The maximum absolute atomic E-state index is 11.6. The van der Waals surface area contributed by atoms with Crippen LogP contribution in [-0.4, -0.2) is 38.6 Å². The molecule has 0 unspecified atom stereocenters. The minimum atomic E-state index is -0.248. The highest BCUT2D eigenvalue weighted by molar-refractivity contribution is 5.92. The summed E-state index contributed by atoms with van der Waals surface area (Å²) in [5.41, 5.74) is 7.13. The van der Waals surface area contributed by atoms with Crippen LogP contribution in [0.1, 0.15) is 12.0 Å². The Bertz CT molecular complexity index is 501. The van der Waals surface area contributed by atoms with E-state index in [0.29, 0.717) is 25.4 Å². The number of nitrogen functional groups attached to an aromatic ring is 1. The van der Waals surface area contributed by atoms with E-state index in [1.54, 1.807) is 25.3 Å². The van der Waals surface area contributed by atoms with E-state index in [1.807, 2.05) is 12.1 Å². The van der Waals surface area contributed by atoms with Crippen molar-refractivity contribution in [1.29, 1.82) is 0 Å². The fourth-order valence-corrected chi connectivity index (χ4v) is 1.57. The molecule has 114 valence electrons. The number of ether oxygens (including phenoxy) is 1. The second kappa shape index (κ2) is 9.55. The molecule has 2 amide bonds. The Labute approximate surface area is 124 Å². The standard InChI is InChI=1S/C15H21N3O3/c1-21-10-9-18-15(20)7-8-17-14(19)6-5-12-3-2-4-13(16)11-12/h2-6,11H,7-10,16H2,1H3,(H,17,19)(H,18,20)/b6-5+. The Morgan fingerprint density at radius 3 is 2.81 bits per heavy atom. The lowest BCUT2D eigenvalue weighted by Gasteiger charge is -2.04. The van der Waals surface area contributed by atoms with Crippen LogP contribution in [0.15, 0.2) is 30.3 Å². The van der Waals surface area contributed by atoms with E-state index < -0.39 is 0 Å². The van der Waals surface area contributed by atoms with Gasteiger partial charge in [0, 0.05) is 38.4 Å². The molecule has 0 aromatic heterocycles. The molecule has 6 heteroatoms. The fourth-order valence-electron chi connectivity index (χ4n) is 1.57. The number of carbonyl (C=O) groups excluding carboxylic acids is 2. The summed E-state index contributed by atoms with van der Waals surface area (Å²) in [6, 6.07) is 7.22. The fraction of sp³-hybridized carbons (Fsp3) is 0.333. The van der Waals surface area contributed by atoms with Crippen molar-refractivity contribution >= 4 is 23.6 Å². The van der Waals surface area contributed by atoms with Gasteiger partial charge in [0.25, 0.3) is 0 Å². The topological polar surface area (TPSA) is 93.5 Å². The largest absolute Gasteiger partial charge is 0.399 e. The number of carbonyl (C=O) groups is 2. The zero-order valence-corrected chi connectivity index (χ0v) is 12.1.